The fourth-order valence-corrected chi connectivity index (χ4v) is 3.98. The first kappa shape index (κ1) is 28.4. The summed E-state index contributed by atoms with van der Waals surface area (Å²) in [5, 5.41) is 8.76. The molecular formula is C27H28F3N7O3. The van der Waals surface area contributed by atoms with Crippen LogP contribution in [-0.4, -0.2) is 50.2 Å². The zero-order valence-electron chi connectivity index (χ0n) is 21.8. The van der Waals surface area contributed by atoms with Gasteiger partial charge in [0, 0.05) is 29.7 Å². The Morgan fingerprint density at radius 2 is 2.05 bits per heavy atom. The number of ether oxygens (including phenoxy) is 2. The number of carbonyl (C=O) groups excluding carboxylic acids is 1. The Kier molecular flexibility index (Phi) is 8.53. The average molecular weight is 556 g/mol. The maximum absolute atomic E-state index is 13.4. The molecule has 1 atom stereocenters. The molecule has 2 aliphatic rings. The lowest BCUT2D eigenvalue weighted by atomic mass is 10.1. The van der Waals surface area contributed by atoms with Gasteiger partial charge in [-0.15, -0.1) is 0 Å². The minimum atomic E-state index is -4.65. The third-order valence-electron chi connectivity index (χ3n) is 6.05. The average Bonchev–Trinajstić information content (AvgIpc) is 3.43. The van der Waals surface area contributed by atoms with Crippen molar-refractivity contribution in [3.63, 3.8) is 0 Å². The van der Waals surface area contributed by atoms with Gasteiger partial charge in [-0.3, -0.25) is 9.79 Å². The molecule has 0 saturated carbocycles. The van der Waals surface area contributed by atoms with E-state index < -0.39 is 17.6 Å². The monoisotopic (exact) mass is 555 g/mol. The summed E-state index contributed by atoms with van der Waals surface area (Å²) < 4.78 is 50.4. The van der Waals surface area contributed by atoms with Gasteiger partial charge in [-0.05, 0) is 49.2 Å². The van der Waals surface area contributed by atoms with Crippen molar-refractivity contribution >= 4 is 35.2 Å². The van der Waals surface area contributed by atoms with Crippen molar-refractivity contribution in [3.8, 4) is 5.75 Å². The van der Waals surface area contributed by atoms with E-state index in [2.05, 4.69) is 37.5 Å². The van der Waals surface area contributed by atoms with Crippen molar-refractivity contribution in [1.29, 1.82) is 0 Å². The Hall–Kier alpha value is -4.65. The fraction of sp³-hybridized carbons (Fsp3) is 0.259. The third-order valence-corrected chi connectivity index (χ3v) is 6.05. The van der Waals surface area contributed by atoms with Crippen molar-refractivity contribution in [2.24, 2.45) is 20.7 Å². The number of nitrogens with one attached hydrogen (secondary N) is 3. The van der Waals surface area contributed by atoms with Gasteiger partial charge in [-0.25, -0.2) is 9.98 Å². The van der Waals surface area contributed by atoms with E-state index >= 15 is 0 Å². The predicted octanol–water partition coefficient (Wildman–Crippen LogP) is 4.22. The number of methoxy groups -OCH3 is 1. The maximum atomic E-state index is 13.4. The number of hydrogen-bond donors (Lipinski definition) is 4. The first-order valence-electron chi connectivity index (χ1n) is 12.2. The first-order valence-corrected chi connectivity index (χ1v) is 12.2. The van der Waals surface area contributed by atoms with Crippen LogP contribution in [0.3, 0.4) is 0 Å². The Bertz CT molecular complexity index is 1420. The highest BCUT2D eigenvalue weighted by Gasteiger charge is 2.34. The molecule has 2 aliphatic heterocycles. The van der Waals surface area contributed by atoms with Crippen LogP contribution in [0.4, 0.5) is 24.5 Å². The van der Waals surface area contributed by atoms with Crippen molar-refractivity contribution in [2.45, 2.75) is 25.6 Å². The molecule has 10 nitrogen and oxygen atoms in total. The molecule has 1 saturated heterocycles. The molecule has 1 fully saturated rings. The third kappa shape index (κ3) is 6.67. The van der Waals surface area contributed by atoms with Crippen molar-refractivity contribution in [3.05, 3.63) is 77.4 Å². The molecule has 0 bridgehead atoms. The highest BCUT2D eigenvalue weighted by atomic mass is 19.4. The summed E-state index contributed by atoms with van der Waals surface area (Å²) >= 11 is 0. The highest BCUT2D eigenvalue weighted by Crippen LogP contribution is 2.37. The molecule has 0 radical (unpaired) electrons. The van der Waals surface area contributed by atoms with Gasteiger partial charge >= 0.3 is 6.18 Å². The van der Waals surface area contributed by atoms with Crippen LogP contribution in [-0.2, 0) is 10.9 Å². The van der Waals surface area contributed by atoms with Crippen LogP contribution in [0.2, 0.25) is 0 Å². The second-order valence-electron chi connectivity index (χ2n) is 8.88. The number of benzene rings is 2. The summed E-state index contributed by atoms with van der Waals surface area (Å²) in [5.41, 5.74) is 7.46. The number of anilines is 2. The highest BCUT2D eigenvalue weighted by molar-refractivity contribution is 6.41. The first-order chi connectivity index (χ1) is 19.1. The zero-order chi connectivity index (χ0) is 28.9. The molecule has 2 heterocycles. The number of nitrogens with zero attached hydrogens (tertiary/aromatic N) is 3. The van der Waals surface area contributed by atoms with Gasteiger partial charge in [-0.1, -0.05) is 12.6 Å². The second kappa shape index (κ2) is 12.0. The van der Waals surface area contributed by atoms with Gasteiger partial charge in [0.25, 0.3) is 5.91 Å². The van der Waals surface area contributed by atoms with Crippen molar-refractivity contribution in [1.82, 2.24) is 5.32 Å². The van der Waals surface area contributed by atoms with Crippen LogP contribution in [0.15, 0.2) is 75.7 Å². The summed E-state index contributed by atoms with van der Waals surface area (Å²) in [7, 11) is 1.14. The lowest BCUT2D eigenvalue weighted by molar-refractivity contribution is -0.138. The van der Waals surface area contributed by atoms with Gasteiger partial charge in [0.1, 0.15) is 23.0 Å². The molecular weight excluding hydrogens is 527 g/mol. The lowest BCUT2D eigenvalue weighted by Crippen LogP contribution is -2.36. The SMILES string of the molecule is C=C/N=C1/C=NC(NC2CCOC2)=N/C1=C(/N)Nc1cc(C(=O)Nc2ccc(OC)c(C(F)(F)F)c2)ccc1C. The van der Waals surface area contributed by atoms with Crippen LogP contribution in [0, 0.1) is 6.92 Å². The topological polar surface area (TPSA) is 135 Å². The van der Waals surface area contributed by atoms with Crippen LogP contribution >= 0.6 is 0 Å². The molecule has 5 N–H and O–H groups in total. The molecule has 0 aliphatic carbocycles. The molecule has 0 aromatic heterocycles. The van der Waals surface area contributed by atoms with E-state index in [1.807, 2.05) is 0 Å². The molecule has 4 rings (SSSR count). The summed E-state index contributed by atoms with van der Waals surface area (Å²) in [6.45, 7) is 6.61. The van der Waals surface area contributed by atoms with Crippen molar-refractivity contribution < 1.29 is 27.4 Å². The number of aryl methyl sites for hydroxylation is 1. The standard InChI is InChI=1S/C27H28F3N7O3/c1-4-32-21-13-33-26(35-18-9-10-40-14-18)37-23(21)24(31)36-20-11-16(6-5-15(20)2)25(38)34-17-7-8-22(39-3)19(12-17)27(28,29)30/h4-8,11-13,18,36H,1,9-10,14,31H2,2-3H3,(H,34,38)(H,35,37)/b24-23-,32-21-. The van der Waals surface area contributed by atoms with E-state index in [-0.39, 0.29) is 28.9 Å². The van der Waals surface area contributed by atoms with Gasteiger partial charge in [-0.2, -0.15) is 13.2 Å². The van der Waals surface area contributed by atoms with Gasteiger partial charge in [0.2, 0.25) is 5.96 Å². The van der Waals surface area contributed by atoms with E-state index in [0.717, 1.165) is 31.2 Å². The lowest BCUT2D eigenvalue weighted by Gasteiger charge is -2.18. The summed E-state index contributed by atoms with van der Waals surface area (Å²) in [5.74, 6) is -0.477. The summed E-state index contributed by atoms with van der Waals surface area (Å²) in [6, 6.07) is 8.13. The number of rotatable bonds is 7. The number of nitrogens with two attached hydrogens (primary N) is 1. The Morgan fingerprint density at radius 1 is 1.25 bits per heavy atom. The number of alkyl halides is 3. The Labute approximate surface area is 228 Å². The van der Waals surface area contributed by atoms with E-state index in [4.69, 9.17) is 15.2 Å². The molecule has 1 amide bonds. The number of aliphatic imine (C=N–C) groups is 3. The van der Waals surface area contributed by atoms with Crippen LogP contribution in [0.1, 0.15) is 27.9 Å². The van der Waals surface area contributed by atoms with E-state index in [9.17, 15) is 18.0 Å². The molecule has 13 heteroatoms. The Balaban J connectivity index is 1.58. The number of carbonyl (C=O) groups is 1. The van der Waals surface area contributed by atoms with E-state index in [0.29, 0.717) is 36.3 Å². The minimum absolute atomic E-state index is 0.0383. The summed E-state index contributed by atoms with van der Waals surface area (Å²) in [6.07, 6.45) is -0.986. The van der Waals surface area contributed by atoms with Gasteiger partial charge < -0.3 is 31.2 Å². The van der Waals surface area contributed by atoms with Gasteiger partial charge in [0.15, 0.2) is 0 Å². The molecule has 2 aromatic rings. The number of allylic oxidation sites excluding steroid dienone is 1. The van der Waals surface area contributed by atoms with Gasteiger partial charge in [0.05, 0.1) is 31.5 Å². The largest absolute Gasteiger partial charge is 0.496 e. The van der Waals surface area contributed by atoms with Crippen LogP contribution in [0.25, 0.3) is 0 Å². The smallest absolute Gasteiger partial charge is 0.420 e. The Morgan fingerprint density at radius 3 is 2.73 bits per heavy atom. The number of halogens is 3. The fourth-order valence-electron chi connectivity index (χ4n) is 3.98. The molecule has 1 unspecified atom stereocenters. The predicted molar refractivity (Wildman–Crippen MR) is 148 cm³/mol. The van der Waals surface area contributed by atoms with Crippen LogP contribution in [0.5, 0.6) is 5.75 Å². The molecule has 2 aromatic carbocycles. The number of guanidine groups is 1. The number of hydrogen-bond acceptors (Lipinski definition) is 9. The molecule has 40 heavy (non-hydrogen) atoms. The normalized spacial score (nSPS) is 19.2. The van der Waals surface area contributed by atoms with E-state index in [1.54, 1.807) is 19.1 Å². The minimum Gasteiger partial charge on any atom is -0.496 e. The quantitative estimate of drug-likeness (QED) is 0.404. The van der Waals surface area contributed by atoms with E-state index in [1.165, 1.54) is 24.5 Å². The second-order valence-corrected chi connectivity index (χ2v) is 8.88. The summed E-state index contributed by atoms with van der Waals surface area (Å²) in [4.78, 5) is 25.9. The zero-order valence-corrected chi connectivity index (χ0v) is 21.8. The maximum Gasteiger partial charge on any atom is 0.420 e. The molecule has 0 spiro atoms. The van der Waals surface area contributed by atoms with Crippen LogP contribution < -0.4 is 26.4 Å². The van der Waals surface area contributed by atoms with Crippen molar-refractivity contribution in [2.75, 3.05) is 31.0 Å². The number of amides is 1. The molecule has 210 valence electrons.